The third-order valence-corrected chi connectivity index (χ3v) is 2.97. The number of hydrogen-bond donors (Lipinski definition) is 1. The molecule has 0 saturated heterocycles. The molecule has 0 aliphatic rings. The highest BCUT2D eigenvalue weighted by Crippen LogP contribution is 2.04. The Morgan fingerprint density at radius 3 is 2.53 bits per heavy atom. The predicted molar refractivity (Wildman–Crippen MR) is 80.1 cm³/mol. The average molecular weight is 353 g/mol. The molecule has 0 aliphatic carbocycles. The van der Waals surface area contributed by atoms with Gasteiger partial charge in [-0.3, -0.25) is 4.79 Å². The normalized spacial score (nSPS) is 10.9. The van der Waals surface area contributed by atoms with E-state index in [-0.39, 0.29) is 5.97 Å². The van der Waals surface area contributed by atoms with Crippen LogP contribution in [0.5, 0.6) is 0 Å². The molecule has 100 valence electrons. The van der Waals surface area contributed by atoms with E-state index in [1.807, 2.05) is 0 Å². The van der Waals surface area contributed by atoms with Crippen molar-refractivity contribution in [2.75, 3.05) is 13.1 Å². The molecule has 0 saturated carbocycles. The van der Waals surface area contributed by atoms with Crippen LogP contribution in [0.2, 0.25) is 0 Å². The van der Waals surface area contributed by atoms with Crippen LogP contribution < -0.4 is 5.32 Å². The van der Waals surface area contributed by atoms with Gasteiger partial charge in [-0.1, -0.05) is 25.5 Å². The van der Waals surface area contributed by atoms with Gasteiger partial charge in [0.2, 0.25) is 0 Å². The molecule has 0 heterocycles. The summed E-state index contributed by atoms with van der Waals surface area (Å²) in [6.07, 6.45) is 11.8. The number of unbranched alkanes of at least 4 members (excludes halogenated alkanes) is 4. The topological polar surface area (TPSA) is 38.3 Å². The minimum Gasteiger partial charge on any atom is -0.394 e. The molecule has 0 amide bonds. The molecule has 0 bridgehead atoms. The summed E-state index contributed by atoms with van der Waals surface area (Å²) < 4.78 is 4.54. The molecule has 17 heavy (non-hydrogen) atoms. The number of halogens is 1. The van der Waals surface area contributed by atoms with Crippen molar-refractivity contribution in [1.29, 1.82) is 0 Å². The molecule has 0 aromatic carbocycles. The van der Waals surface area contributed by atoms with Crippen LogP contribution in [0.4, 0.5) is 0 Å². The number of carbonyl (C=O) groups excluding carboxylic acids is 1. The van der Waals surface area contributed by atoms with Gasteiger partial charge in [0.1, 0.15) is 0 Å². The van der Waals surface area contributed by atoms with Gasteiger partial charge in [0, 0.05) is 6.42 Å². The fraction of sp³-hybridized carbons (Fsp3) is 0.769. The van der Waals surface area contributed by atoms with Gasteiger partial charge in [-0.25, -0.2) is 0 Å². The van der Waals surface area contributed by atoms with E-state index in [9.17, 15) is 4.79 Å². The van der Waals surface area contributed by atoms with Crippen LogP contribution in [-0.4, -0.2) is 19.1 Å². The lowest BCUT2D eigenvalue weighted by molar-refractivity contribution is -0.131. The van der Waals surface area contributed by atoms with E-state index in [1.165, 1.54) is 19.3 Å². The van der Waals surface area contributed by atoms with Gasteiger partial charge < -0.3 is 8.38 Å². The molecule has 0 spiro atoms. The Hall–Kier alpha value is -0.100. The largest absolute Gasteiger partial charge is 0.394 e. The fourth-order valence-corrected chi connectivity index (χ4v) is 1.72. The zero-order valence-electron chi connectivity index (χ0n) is 10.7. The summed E-state index contributed by atoms with van der Waals surface area (Å²) in [6, 6.07) is 0. The van der Waals surface area contributed by atoms with Crippen molar-refractivity contribution in [1.82, 2.24) is 5.32 Å². The maximum absolute atomic E-state index is 10.8. The molecule has 0 aliphatic heterocycles. The zero-order valence-corrected chi connectivity index (χ0v) is 12.9. The van der Waals surface area contributed by atoms with Crippen LogP contribution in [0.15, 0.2) is 12.2 Å². The van der Waals surface area contributed by atoms with Crippen LogP contribution in [0.25, 0.3) is 0 Å². The summed E-state index contributed by atoms with van der Waals surface area (Å²) in [7, 11) is 0. The van der Waals surface area contributed by atoms with E-state index >= 15 is 0 Å². The molecule has 0 radical (unpaired) electrons. The van der Waals surface area contributed by atoms with Crippen molar-refractivity contribution in [2.24, 2.45) is 0 Å². The summed E-state index contributed by atoms with van der Waals surface area (Å²) in [5.74, 6) is -0.123. The molecule has 1 N–H and O–H groups in total. The lowest BCUT2D eigenvalue weighted by Gasteiger charge is -1.99. The Balaban J connectivity index is 3.12. The van der Waals surface area contributed by atoms with Crippen molar-refractivity contribution in [3.63, 3.8) is 0 Å². The quantitative estimate of drug-likeness (QED) is 0.349. The van der Waals surface area contributed by atoms with E-state index in [0.717, 1.165) is 32.4 Å². The Morgan fingerprint density at radius 1 is 1.18 bits per heavy atom. The van der Waals surface area contributed by atoms with Gasteiger partial charge in [-0.15, -0.1) is 0 Å². The van der Waals surface area contributed by atoms with Crippen LogP contribution in [0, 0.1) is 0 Å². The zero-order chi connectivity index (χ0) is 12.8. The Kier molecular flexibility index (Phi) is 13.9. The van der Waals surface area contributed by atoms with Crippen LogP contribution >= 0.6 is 23.0 Å². The summed E-state index contributed by atoms with van der Waals surface area (Å²) >= 11 is 1.63. The van der Waals surface area contributed by atoms with Crippen molar-refractivity contribution >= 4 is 29.0 Å². The van der Waals surface area contributed by atoms with Gasteiger partial charge in [0.05, 0.1) is 0 Å². The van der Waals surface area contributed by atoms with Crippen molar-refractivity contribution in [3.8, 4) is 0 Å². The maximum Gasteiger partial charge on any atom is 0.315 e. The highest BCUT2D eigenvalue weighted by atomic mass is 127. The SMILES string of the molecule is CCNCCCCC/C=C\CCCC(=O)OI. The Morgan fingerprint density at radius 2 is 1.88 bits per heavy atom. The van der Waals surface area contributed by atoms with Gasteiger partial charge in [0.15, 0.2) is 23.0 Å². The average Bonchev–Trinajstić information content (AvgIpc) is 2.35. The standard InChI is InChI=1S/C13H24INO2/c1-2-15-12-10-8-6-4-3-5-7-9-11-13(16)17-14/h3,5,15H,2,4,6-12H2,1H3/b5-3-. The second-order valence-corrected chi connectivity index (χ2v) is 4.46. The second kappa shape index (κ2) is 14.0. The Labute approximate surface area is 119 Å². The number of carbonyl (C=O) groups is 1. The molecular weight excluding hydrogens is 329 g/mol. The minimum atomic E-state index is -0.123. The first-order valence-corrected chi connectivity index (χ1v) is 7.36. The monoisotopic (exact) mass is 353 g/mol. The molecule has 4 heteroatoms. The lowest BCUT2D eigenvalue weighted by Crippen LogP contribution is -2.13. The van der Waals surface area contributed by atoms with Gasteiger partial charge in [-0.05, 0) is 45.2 Å². The summed E-state index contributed by atoms with van der Waals surface area (Å²) in [4.78, 5) is 10.8. The minimum absolute atomic E-state index is 0.123. The number of hydrogen-bond acceptors (Lipinski definition) is 3. The van der Waals surface area contributed by atoms with E-state index in [2.05, 4.69) is 27.5 Å². The Bertz CT molecular complexity index is 208. The van der Waals surface area contributed by atoms with E-state index in [1.54, 1.807) is 23.0 Å². The van der Waals surface area contributed by atoms with Gasteiger partial charge >= 0.3 is 5.97 Å². The van der Waals surface area contributed by atoms with Crippen molar-refractivity contribution in [2.45, 2.75) is 51.9 Å². The first kappa shape index (κ1) is 16.9. The lowest BCUT2D eigenvalue weighted by atomic mass is 10.1. The van der Waals surface area contributed by atoms with Crippen LogP contribution in [0.1, 0.15) is 51.9 Å². The highest BCUT2D eigenvalue weighted by Gasteiger charge is 1.97. The summed E-state index contributed by atoms with van der Waals surface area (Å²) in [5.41, 5.74) is 0. The van der Waals surface area contributed by atoms with Gasteiger partial charge in [0.25, 0.3) is 0 Å². The molecular formula is C13H24INO2. The molecule has 0 rings (SSSR count). The van der Waals surface area contributed by atoms with Crippen molar-refractivity contribution in [3.05, 3.63) is 12.2 Å². The van der Waals surface area contributed by atoms with Gasteiger partial charge in [-0.2, -0.15) is 0 Å². The fourth-order valence-electron chi connectivity index (χ4n) is 1.50. The first-order chi connectivity index (χ1) is 8.31. The highest BCUT2D eigenvalue weighted by molar-refractivity contribution is 14.1. The second-order valence-electron chi connectivity index (χ2n) is 4.02. The summed E-state index contributed by atoms with van der Waals surface area (Å²) in [5, 5.41) is 3.32. The smallest absolute Gasteiger partial charge is 0.315 e. The van der Waals surface area contributed by atoms with Crippen LogP contribution in [0.3, 0.4) is 0 Å². The number of nitrogens with one attached hydrogen (secondary N) is 1. The molecule has 0 aromatic heterocycles. The third-order valence-electron chi connectivity index (χ3n) is 2.48. The van der Waals surface area contributed by atoms with Crippen molar-refractivity contribution < 1.29 is 7.86 Å². The van der Waals surface area contributed by atoms with E-state index in [4.69, 9.17) is 0 Å². The van der Waals surface area contributed by atoms with E-state index in [0.29, 0.717) is 6.42 Å². The molecule has 0 atom stereocenters. The molecule has 0 fully saturated rings. The molecule has 0 unspecified atom stereocenters. The predicted octanol–water partition coefficient (Wildman–Crippen LogP) is 3.78. The van der Waals surface area contributed by atoms with Crippen LogP contribution in [-0.2, 0) is 7.86 Å². The number of allylic oxidation sites excluding steroid dienone is 2. The third kappa shape index (κ3) is 13.8. The molecule has 3 nitrogen and oxygen atoms in total. The van der Waals surface area contributed by atoms with E-state index < -0.39 is 0 Å². The molecule has 0 aromatic rings. The summed E-state index contributed by atoms with van der Waals surface area (Å²) in [6.45, 7) is 4.34. The first-order valence-electron chi connectivity index (χ1n) is 6.48. The number of rotatable bonds is 11. The maximum atomic E-state index is 10.8.